The second-order valence-electron chi connectivity index (χ2n) is 9.35. The van der Waals surface area contributed by atoms with E-state index >= 15 is 0 Å². The van der Waals surface area contributed by atoms with Gasteiger partial charge in [0.1, 0.15) is 5.82 Å². The molecule has 3 aromatic rings. The van der Waals surface area contributed by atoms with Gasteiger partial charge >= 0.3 is 0 Å². The largest absolute Gasteiger partial charge is 0.343 e. The highest BCUT2D eigenvalue weighted by atomic mass is 35.5. The van der Waals surface area contributed by atoms with Crippen molar-refractivity contribution in [1.82, 2.24) is 9.97 Å². The molecule has 2 aliphatic rings. The number of fused-ring (bicyclic) bond motifs is 1. The molecule has 1 aliphatic carbocycles. The fourth-order valence-corrected chi connectivity index (χ4v) is 5.62. The van der Waals surface area contributed by atoms with Gasteiger partial charge in [-0.15, -0.1) is 0 Å². The van der Waals surface area contributed by atoms with Gasteiger partial charge in [0.05, 0.1) is 5.56 Å². The van der Waals surface area contributed by atoms with Gasteiger partial charge in [0.15, 0.2) is 10.9 Å². The topological polar surface area (TPSA) is 74.8 Å². The minimum atomic E-state index is -0.424. The normalized spacial score (nSPS) is 19.0. The second kappa shape index (κ2) is 8.50. The Balaban J connectivity index is 1.56. The Morgan fingerprint density at radius 3 is 2.52 bits per heavy atom. The van der Waals surface area contributed by atoms with Crippen LogP contribution in [-0.4, -0.2) is 15.8 Å². The van der Waals surface area contributed by atoms with Crippen LogP contribution in [0.15, 0.2) is 75.8 Å². The molecule has 2 aromatic carbocycles. The number of thioether (sulfide) groups is 1. The SMILES string of the molecule is CC1(C)CC(=O)C2=C(C1)Nc1nc(SCc3ccc(Cl)cc3)[nH]c(=O)c1C2c1ccccc1. The number of ketones is 1. The first kappa shape index (κ1) is 22.0. The van der Waals surface area contributed by atoms with Gasteiger partial charge < -0.3 is 10.3 Å². The Bertz CT molecular complexity index is 1310. The van der Waals surface area contributed by atoms with Crippen molar-refractivity contribution in [2.45, 2.75) is 43.5 Å². The molecule has 0 radical (unpaired) electrons. The number of aromatic nitrogens is 2. The number of rotatable bonds is 4. The highest BCUT2D eigenvalue weighted by Crippen LogP contribution is 2.47. The number of nitrogens with one attached hydrogen (secondary N) is 2. The zero-order valence-corrected chi connectivity index (χ0v) is 20.0. The van der Waals surface area contributed by atoms with Crippen LogP contribution in [0.4, 0.5) is 5.82 Å². The van der Waals surface area contributed by atoms with Crippen molar-refractivity contribution in [3.05, 3.63) is 97.9 Å². The Hall–Kier alpha value is -2.83. The summed E-state index contributed by atoms with van der Waals surface area (Å²) in [6.07, 6.45) is 1.20. The maximum Gasteiger partial charge on any atom is 0.257 e. The molecule has 0 amide bonds. The number of carbonyl (C=O) groups excluding carboxylic acids is 1. The first-order valence-corrected chi connectivity index (χ1v) is 12.3. The number of benzene rings is 2. The van der Waals surface area contributed by atoms with E-state index in [2.05, 4.69) is 24.1 Å². The highest BCUT2D eigenvalue weighted by Gasteiger charge is 2.42. The van der Waals surface area contributed by atoms with Crippen LogP contribution in [0.3, 0.4) is 0 Å². The summed E-state index contributed by atoms with van der Waals surface area (Å²) in [4.78, 5) is 34.3. The van der Waals surface area contributed by atoms with Crippen molar-refractivity contribution in [1.29, 1.82) is 0 Å². The van der Waals surface area contributed by atoms with Gasteiger partial charge in [-0.25, -0.2) is 4.98 Å². The smallest absolute Gasteiger partial charge is 0.257 e. The number of Topliss-reactive ketones (excluding diaryl/α,β-unsaturated/α-hetero) is 1. The molecule has 0 bridgehead atoms. The van der Waals surface area contributed by atoms with Crippen LogP contribution in [0.2, 0.25) is 5.02 Å². The lowest BCUT2D eigenvalue weighted by Gasteiger charge is -2.38. The molecule has 0 spiro atoms. The second-order valence-corrected chi connectivity index (χ2v) is 10.8. The van der Waals surface area contributed by atoms with E-state index in [1.165, 1.54) is 11.8 Å². The van der Waals surface area contributed by atoms with Crippen molar-refractivity contribution >= 4 is 35.0 Å². The van der Waals surface area contributed by atoms with E-state index < -0.39 is 5.92 Å². The van der Waals surface area contributed by atoms with Gasteiger partial charge in [0.25, 0.3) is 5.56 Å². The van der Waals surface area contributed by atoms with Gasteiger partial charge in [-0.1, -0.05) is 79.7 Å². The van der Waals surface area contributed by atoms with E-state index in [1.807, 2.05) is 54.6 Å². The molecule has 0 fully saturated rings. The molecule has 7 heteroatoms. The van der Waals surface area contributed by atoms with Gasteiger partial charge in [-0.05, 0) is 35.1 Å². The van der Waals surface area contributed by atoms with Crippen LogP contribution >= 0.6 is 23.4 Å². The van der Waals surface area contributed by atoms with Crippen LogP contribution in [0.1, 0.15) is 49.3 Å². The standard InChI is InChI=1S/C26H24ClN3O2S/c1-26(2)12-18-21(19(31)13-26)20(16-6-4-3-5-7-16)22-23(28-18)29-25(30-24(22)32)33-14-15-8-10-17(27)11-9-15/h3-11,20H,12-14H2,1-2H3,(H2,28,29,30,32). The molecule has 0 saturated heterocycles. The van der Waals surface area contributed by atoms with Crippen molar-refractivity contribution in [2.24, 2.45) is 5.41 Å². The zero-order valence-electron chi connectivity index (χ0n) is 18.4. The van der Waals surface area contributed by atoms with E-state index in [0.717, 1.165) is 23.2 Å². The number of allylic oxidation sites excluding steroid dienone is 2. The number of hydrogen-bond acceptors (Lipinski definition) is 5. The number of halogens is 1. The lowest BCUT2D eigenvalue weighted by Crippen LogP contribution is -2.37. The predicted molar refractivity (Wildman–Crippen MR) is 133 cm³/mol. The maximum atomic E-state index is 13.3. The summed E-state index contributed by atoms with van der Waals surface area (Å²) in [6.45, 7) is 4.20. The number of anilines is 1. The Kier molecular flexibility index (Phi) is 5.67. The van der Waals surface area contributed by atoms with Crippen molar-refractivity contribution in [2.75, 3.05) is 5.32 Å². The molecule has 2 heterocycles. The van der Waals surface area contributed by atoms with Crippen molar-refractivity contribution < 1.29 is 4.79 Å². The van der Waals surface area contributed by atoms with Gasteiger partial charge in [-0.3, -0.25) is 9.59 Å². The third-order valence-corrected chi connectivity index (χ3v) is 7.32. The molecule has 1 aromatic heterocycles. The Morgan fingerprint density at radius 1 is 1.06 bits per heavy atom. The molecule has 1 aliphatic heterocycles. The Labute approximate surface area is 201 Å². The number of nitrogens with zero attached hydrogens (tertiary/aromatic N) is 1. The molecule has 2 N–H and O–H groups in total. The molecular weight excluding hydrogens is 454 g/mol. The lowest BCUT2D eigenvalue weighted by atomic mass is 9.69. The van der Waals surface area contributed by atoms with Gasteiger partial charge in [0, 0.05) is 34.4 Å². The zero-order chi connectivity index (χ0) is 23.2. The maximum absolute atomic E-state index is 13.3. The van der Waals surface area contributed by atoms with E-state index in [-0.39, 0.29) is 16.8 Å². The fourth-order valence-electron chi connectivity index (χ4n) is 4.67. The summed E-state index contributed by atoms with van der Waals surface area (Å²) in [6, 6.07) is 17.4. The summed E-state index contributed by atoms with van der Waals surface area (Å²) in [5.74, 6) is 0.859. The Morgan fingerprint density at radius 2 is 1.79 bits per heavy atom. The number of aromatic amines is 1. The number of H-pyrrole nitrogens is 1. The summed E-state index contributed by atoms with van der Waals surface area (Å²) < 4.78 is 0. The molecule has 1 atom stereocenters. The molecule has 168 valence electrons. The first-order valence-electron chi connectivity index (χ1n) is 10.9. The van der Waals surface area contributed by atoms with Crippen LogP contribution in [-0.2, 0) is 10.5 Å². The van der Waals surface area contributed by atoms with Crippen LogP contribution < -0.4 is 10.9 Å². The van der Waals surface area contributed by atoms with E-state index in [4.69, 9.17) is 16.6 Å². The van der Waals surface area contributed by atoms with Crippen molar-refractivity contribution in [3.8, 4) is 0 Å². The summed E-state index contributed by atoms with van der Waals surface area (Å²) in [7, 11) is 0. The lowest BCUT2D eigenvalue weighted by molar-refractivity contribution is -0.118. The molecular formula is C26H24ClN3O2S. The quantitative estimate of drug-likeness (QED) is 0.360. The summed E-state index contributed by atoms with van der Waals surface area (Å²) >= 11 is 7.44. The minimum Gasteiger partial charge on any atom is -0.343 e. The van der Waals surface area contributed by atoms with Crippen LogP contribution in [0, 0.1) is 5.41 Å². The number of hydrogen-bond donors (Lipinski definition) is 2. The van der Waals surface area contributed by atoms with E-state index in [0.29, 0.717) is 39.3 Å². The molecule has 5 nitrogen and oxygen atoms in total. The minimum absolute atomic E-state index is 0.0915. The molecule has 0 saturated carbocycles. The van der Waals surface area contributed by atoms with Crippen LogP contribution in [0.25, 0.3) is 0 Å². The average Bonchev–Trinajstić information content (AvgIpc) is 2.77. The third kappa shape index (κ3) is 4.37. The average molecular weight is 478 g/mol. The van der Waals surface area contributed by atoms with Crippen LogP contribution in [0.5, 0.6) is 0 Å². The molecule has 5 rings (SSSR count). The highest BCUT2D eigenvalue weighted by molar-refractivity contribution is 7.98. The number of carbonyl (C=O) groups is 1. The van der Waals surface area contributed by atoms with E-state index in [9.17, 15) is 9.59 Å². The van der Waals surface area contributed by atoms with Gasteiger partial charge in [-0.2, -0.15) is 0 Å². The molecule has 1 unspecified atom stereocenters. The van der Waals surface area contributed by atoms with Crippen molar-refractivity contribution in [3.63, 3.8) is 0 Å². The molecule has 33 heavy (non-hydrogen) atoms. The van der Waals surface area contributed by atoms with Gasteiger partial charge in [0.2, 0.25) is 0 Å². The predicted octanol–water partition coefficient (Wildman–Crippen LogP) is 5.92. The first-order chi connectivity index (χ1) is 15.8. The monoisotopic (exact) mass is 477 g/mol. The summed E-state index contributed by atoms with van der Waals surface area (Å²) in [5.41, 5.74) is 3.73. The fraction of sp³-hybridized carbons (Fsp3) is 0.269. The third-order valence-electron chi connectivity index (χ3n) is 6.12. The summed E-state index contributed by atoms with van der Waals surface area (Å²) in [5, 5.41) is 4.60. The van der Waals surface area contributed by atoms with E-state index in [1.54, 1.807) is 0 Å².